The maximum Gasteiger partial charge on any atom is 0.301 e. The second-order valence-corrected chi connectivity index (χ2v) is 18.5. The molecule has 3 aromatic heterocycles. The summed E-state index contributed by atoms with van der Waals surface area (Å²) < 4.78 is 39.2. The Balaban J connectivity index is 0.777. The number of imide groups is 1. The summed E-state index contributed by atoms with van der Waals surface area (Å²) in [7, 11) is 3.53. The first kappa shape index (κ1) is 40.7. The van der Waals surface area contributed by atoms with Crippen LogP contribution in [0.15, 0.2) is 47.4 Å². The molecule has 0 bridgehead atoms. The summed E-state index contributed by atoms with van der Waals surface area (Å²) in [5.41, 5.74) is 4.07. The minimum atomic E-state index is -3.13. The van der Waals surface area contributed by atoms with Crippen molar-refractivity contribution in [1.29, 1.82) is 0 Å². The largest absolute Gasteiger partial charge is 0.480 e. The molecule has 3 saturated heterocycles. The number of piperidine rings is 3. The van der Waals surface area contributed by atoms with Crippen molar-refractivity contribution < 1.29 is 23.1 Å². The van der Waals surface area contributed by atoms with Crippen LogP contribution in [0, 0.1) is 17.8 Å². The number of carbonyl (C=O) groups is 2. The number of anilines is 4. The number of ether oxygens (including phenoxy) is 1. The highest BCUT2D eigenvalue weighted by Gasteiger charge is 2.51. The highest BCUT2D eigenvalue weighted by Crippen LogP contribution is 2.46. The van der Waals surface area contributed by atoms with Gasteiger partial charge in [-0.25, -0.2) is 13.8 Å². The fourth-order valence-corrected chi connectivity index (χ4v) is 10.4. The van der Waals surface area contributed by atoms with Crippen LogP contribution in [-0.4, -0.2) is 92.3 Å². The minimum absolute atomic E-state index is 0.104. The lowest BCUT2D eigenvalue weighted by Gasteiger charge is -2.41. The van der Waals surface area contributed by atoms with Crippen LogP contribution in [-0.2, 0) is 23.7 Å². The van der Waals surface area contributed by atoms with Gasteiger partial charge in [0.05, 0.1) is 40.6 Å². The number of amides is 2. The number of hydrogen-bond donors (Lipinski definition) is 3. The number of nitrogens with zero attached hydrogens (tertiary/aromatic N) is 7. The van der Waals surface area contributed by atoms with E-state index in [0.29, 0.717) is 76.8 Å². The lowest BCUT2D eigenvalue weighted by atomic mass is 9.84. The lowest BCUT2D eigenvalue weighted by molar-refractivity contribution is -0.134. The molecular formula is C45H51ClF2N10O4. The number of rotatable bonds is 8. The summed E-state index contributed by atoms with van der Waals surface area (Å²) in [6, 6.07) is 10.8. The molecule has 1 saturated carbocycles. The van der Waals surface area contributed by atoms with Crippen LogP contribution in [0.3, 0.4) is 0 Å². The molecule has 1 aliphatic carbocycles. The number of benzene rings is 2. The summed E-state index contributed by atoms with van der Waals surface area (Å²) in [5.74, 6) is -1.92. The number of hydrogen-bond acceptors (Lipinski definition) is 11. The van der Waals surface area contributed by atoms with E-state index in [1.54, 1.807) is 19.3 Å². The van der Waals surface area contributed by atoms with E-state index in [2.05, 4.69) is 55.9 Å². The summed E-state index contributed by atoms with van der Waals surface area (Å²) in [6.45, 7) is 6.17. The Hall–Kier alpha value is -5.35. The van der Waals surface area contributed by atoms with Gasteiger partial charge in [0.25, 0.3) is 5.56 Å². The van der Waals surface area contributed by atoms with E-state index in [-0.39, 0.29) is 29.2 Å². The van der Waals surface area contributed by atoms with Gasteiger partial charge >= 0.3 is 5.92 Å². The third-order valence-corrected chi connectivity index (χ3v) is 14.3. The smallest absolute Gasteiger partial charge is 0.301 e. The topological polar surface area (TPSA) is 152 Å². The van der Waals surface area contributed by atoms with Gasteiger partial charge in [0.1, 0.15) is 5.02 Å². The van der Waals surface area contributed by atoms with Gasteiger partial charge in [0, 0.05) is 56.6 Å². The van der Waals surface area contributed by atoms with Crippen molar-refractivity contribution in [2.75, 3.05) is 54.9 Å². The molecule has 1 unspecified atom stereocenters. The molecule has 0 radical (unpaired) electrons. The molecule has 17 heteroatoms. The summed E-state index contributed by atoms with van der Waals surface area (Å²) >= 11 is 6.66. The van der Waals surface area contributed by atoms with Crippen molar-refractivity contribution in [3.8, 4) is 5.75 Å². The van der Waals surface area contributed by atoms with Crippen molar-refractivity contribution in [3.05, 3.63) is 69.2 Å². The third kappa shape index (κ3) is 7.52. The third-order valence-electron chi connectivity index (χ3n) is 14.0. The van der Waals surface area contributed by atoms with Crippen molar-refractivity contribution in [2.45, 2.75) is 75.7 Å². The second-order valence-electron chi connectivity index (χ2n) is 18.1. The highest BCUT2D eigenvalue weighted by atomic mass is 35.5. The van der Waals surface area contributed by atoms with E-state index in [0.717, 1.165) is 68.6 Å². The molecule has 2 aromatic carbocycles. The Labute approximate surface area is 362 Å². The van der Waals surface area contributed by atoms with Gasteiger partial charge in [-0.1, -0.05) is 30.7 Å². The van der Waals surface area contributed by atoms with Crippen LogP contribution in [0.25, 0.3) is 21.8 Å². The second kappa shape index (κ2) is 15.8. The molecular weight excluding hydrogens is 818 g/mol. The van der Waals surface area contributed by atoms with Gasteiger partial charge in [-0.3, -0.25) is 24.4 Å². The normalized spacial score (nSPS) is 24.6. The van der Waals surface area contributed by atoms with Crippen LogP contribution < -0.4 is 31.1 Å². The van der Waals surface area contributed by atoms with Crippen LogP contribution in [0.1, 0.15) is 75.0 Å². The fraction of sp³-hybridized carbons (Fsp3) is 0.511. The Morgan fingerprint density at radius 1 is 0.968 bits per heavy atom. The first-order chi connectivity index (χ1) is 29.8. The zero-order valence-corrected chi connectivity index (χ0v) is 35.9. The maximum atomic E-state index is 15.2. The number of alkyl halides is 2. The zero-order chi connectivity index (χ0) is 43.0. The maximum absolute atomic E-state index is 15.2. The molecule has 5 aromatic rings. The lowest BCUT2D eigenvalue weighted by Crippen LogP contribution is -2.45. The molecule has 7 heterocycles. The van der Waals surface area contributed by atoms with Crippen LogP contribution in [0.4, 0.5) is 31.9 Å². The molecule has 4 atom stereocenters. The van der Waals surface area contributed by atoms with Crippen molar-refractivity contribution in [1.82, 2.24) is 34.5 Å². The van der Waals surface area contributed by atoms with E-state index in [9.17, 15) is 14.4 Å². The number of likely N-dealkylation sites (tertiary alicyclic amines) is 1. The Morgan fingerprint density at radius 3 is 2.53 bits per heavy atom. The molecule has 2 amide bonds. The van der Waals surface area contributed by atoms with Gasteiger partial charge in [-0.2, -0.15) is 10.1 Å². The molecule has 4 fully saturated rings. The summed E-state index contributed by atoms with van der Waals surface area (Å²) in [5, 5.41) is 15.5. The molecule has 5 aliphatic rings. The SMILES string of the molecule is C[C@@H]1CN(c2ncc(Cl)c(Nc3ccc4c(c3)c3c(c(=O)n4C)OCC(F)(F)[C@H](C4CC4)N3)n2)CC[C@H]1CN1CCC(c2ccc3c(C4CCC(=O)NC4=O)nn(C)c3c2)CC1. The van der Waals surface area contributed by atoms with Crippen molar-refractivity contribution in [3.63, 3.8) is 0 Å². The number of pyridine rings is 1. The number of nitrogens with one attached hydrogen (secondary N) is 3. The zero-order valence-electron chi connectivity index (χ0n) is 35.1. The van der Waals surface area contributed by atoms with E-state index in [1.165, 1.54) is 10.1 Å². The molecule has 4 aliphatic heterocycles. The molecule has 326 valence electrons. The number of fused-ring (bicyclic) bond motifs is 4. The molecule has 14 nitrogen and oxygen atoms in total. The van der Waals surface area contributed by atoms with Gasteiger partial charge in [-0.15, -0.1) is 0 Å². The minimum Gasteiger partial charge on any atom is -0.480 e. The Morgan fingerprint density at radius 2 is 1.77 bits per heavy atom. The van der Waals surface area contributed by atoms with E-state index >= 15 is 8.78 Å². The van der Waals surface area contributed by atoms with Crippen molar-refractivity contribution >= 4 is 68.4 Å². The highest BCUT2D eigenvalue weighted by molar-refractivity contribution is 6.33. The summed E-state index contributed by atoms with van der Waals surface area (Å²) in [6.07, 6.45) is 6.97. The molecule has 3 N–H and O–H groups in total. The predicted octanol–water partition coefficient (Wildman–Crippen LogP) is 6.69. The molecule has 62 heavy (non-hydrogen) atoms. The van der Waals surface area contributed by atoms with Gasteiger partial charge < -0.3 is 29.7 Å². The standard InChI is InChI=1S/C45H51ClF2N10O4/c1-24-21-58(17-14-28(24)22-57-15-12-25(13-16-57)27-6-8-30-35(18-27)56(3)54-37(30)31-9-11-36(59)51-42(31)60)44-49-20-33(46)41(53-44)50-29-7-10-34-32(19-29)38-39(43(61)55(34)2)62-23-45(47,48)40(52-38)26-4-5-26/h6-8,10,18-20,24-26,28,31,40,52H,4-5,9,11-17,21-23H2,1-3H3,(H,49,50,53)(H,51,59,60)/t24-,28+,31?,40+/m1/s1. The quantitative estimate of drug-likeness (QED) is 0.143. The van der Waals surface area contributed by atoms with Crippen LogP contribution >= 0.6 is 11.6 Å². The van der Waals surface area contributed by atoms with Crippen molar-refractivity contribution in [2.24, 2.45) is 31.8 Å². The van der Waals surface area contributed by atoms with Gasteiger partial charge in [-0.05, 0) is 105 Å². The monoisotopic (exact) mass is 868 g/mol. The van der Waals surface area contributed by atoms with E-state index < -0.39 is 30.0 Å². The number of aromatic nitrogens is 5. The van der Waals surface area contributed by atoms with Crippen LogP contribution in [0.5, 0.6) is 5.75 Å². The number of aryl methyl sites for hydroxylation is 2. The Bertz CT molecular complexity index is 2660. The van der Waals surface area contributed by atoms with E-state index in [1.807, 2.05) is 23.9 Å². The average Bonchev–Trinajstić information content (AvgIpc) is 4.06. The number of halogens is 3. The Kier molecular flexibility index (Phi) is 10.4. The van der Waals surface area contributed by atoms with Gasteiger partial charge in [0.2, 0.25) is 23.5 Å². The molecule has 0 spiro atoms. The fourth-order valence-electron chi connectivity index (χ4n) is 10.2. The van der Waals surface area contributed by atoms with E-state index in [4.69, 9.17) is 26.4 Å². The first-order valence-electron chi connectivity index (χ1n) is 21.8. The van der Waals surface area contributed by atoms with Crippen LogP contribution in [0.2, 0.25) is 5.02 Å². The predicted molar refractivity (Wildman–Crippen MR) is 234 cm³/mol. The van der Waals surface area contributed by atoms with Gasteiger partial charge in [0.15, 0.2) is 12.4 Å². The number of carbonyl (C=O) groups excluding carboxylic acids is 2. The first-order valence-corrected chi connectivity index (χ1v) is 22.2. The summed E-state index contributed by atoms with van der Waals surface area (Å²) in [4.78, 5) is 51.9. The average molecular weight is 869 g/mol. The molecule has 10 rings (SSSR count).